The topological polar surface area (TPSA) is 59.2 Å². The van der Waals surface area contributed by atoms with Gasteiger partial charge in [0.05, 0.1) is 18.6 Å². The molecule has 2 aromatic heterocycles. The van der Waals surface area contributed by atoms with Crippen LogP contribution in [0.2, 0.25) is 0 Å². The van der Waals surface area contributed by atoms with Gasteiger partial charge in [-0.15, -0.1) is 0 Å². The number of aliphatic hydroxyl groups excluding tert-OH is 1. The highest BCUT2D eigenvalue weighted by atomic mass is 16.3. The van der Waals surface area contributed by atoms with Crippen molar-refractivity contribution in [2.45, 2.75) is 13.5 Å². The normalized spacial score (nSPS) is 10.4. The molecule has 0 aliphatic carbocycles. The van der Waals surface area contributed by atoms with E-state index in [2.05, 4.69) is 9.97 Å². The quantitative estimate of drug-likeness (QED) is 0.780. The molecule has 0 unspecified atom stereocenters. The van der Waals surface area contributed by atoms with E-state index in [4.69, 9.17) is 9.52 Å². The van der Waals surface area contributed by atoms with Gasteiger partial charge in [-0.05, 0) is 24.6 Å². The number of aliphatic hydroxyl groups is 1. The number of hydrogen-bond donors (Lipinski definition) is 1. The lowest BCUT2D eigenvalue weighted by atomic mass is 10.2. The molecule has 1 N–H and O–H groups in total. The average molecular weight is 190 g/mol. The van der Waals surface area contributed by atoms with E-state index in [9.17, 15) is 0 Å². The first-order chi connectivity index (χ1) is 6.81. The van der Waals surface area contributed by atoms with Crippen molar-refractivity contribution in [1.29, 1.82) is 0 Å². The van der Waals surface area contributed by atoms with Crippen molar-refractivity contribution in [3.63, 3.8) is 0 Å². The smallest absolute Gasteiger partial charge is 0.195 e. The molecule has 0 amide bonds. The van der Waals surface area contributed by atoms with Crippen LogP contribution in [0, 0.1) is 6.92 Å². The fourth-order valence-electron chi connectivity index (χ4n) is 1.16. The van der Waals surface area contributed by atoms with Crippen LogP contribution in [-0.2, 0) is 6.61 Å². The van der Waals surface area contributed by atoms with Crippen LogP contribution in [0.25, 0.3) is 11.6 Å². The van der Waals surface area contributed by atoms with E-state index in [1.807, 2.05) is 6.92 Å². The van der Waals surface area contributed by atoms with Gasteiger partial charge in [0.25, 0.3) is 0 Å². The summed E-state index contributed by atoms with van der Waals surface area (Å²) in [5, 5.41) is 9.02. The summed E-state index contributed by atoms with van der Waals surface area (Å²) < 4.78 is 5.15. The Morgan fingerprint density at radius 1 is 1.50 bits per heavy atom. The molecule has 0 bridgehead atoms. The average Bonchev–Trinajstić information content (AvgIpc) is 2.71. The third-order valence-corrected chi connectivity index (χ3v) is 1.97. The Labute approximate surface area is 81.2 Å². The van der Waals surface area contributed by atoms with E-state index in [0.29, 0.717) is 17.3 Å². The highest BCUT2D eigenvalue weighted by molar-refractivity contribution is 5.46. The van der Waals surface area contributed by atoms with Gasteiger partial charge in [-0.25, -0.2) is 9.97 Å². The summed E-state index contributed by atoms with van der Waals surface area (Å²) in [4.78, 5) is 8.29. The maximum Gasteiger partial charge on any atom is 0.195 e. The van der Waals surface area contributed by atoms with Crippen molar-refractivity contribution in [2.75, 3.05) is 0 Å². The monoisotopic (exact) mass is 190 g/mol. The standard InChI is InChI=1S/C10H10N2O2/c1-7-5-11-10(12-8(7)6-13)9-3-2-4-14-9/h2-5,13H,6H2,1H3. The number of rotatable bonds is 2. The van der Waals surface area contributed by atoms with Crippen LogP contribution in [-0.4, -0.2) is 15.1 Å². The molecular weight excluding hydrogens is 180 g/mol. The summed E-state index contributed by atoms with van der Waals surface area (Å²) in [6.45, 7) is 1.78. The number of furan rings is 1. The van der Waals surface area contributed by atoms with E-state index in [0.717, 1.165) is 5.56 Å². The van der Waals surface area contributed by atoms with Gasteiger partial charge in [-0.2, -0.15) is 0 Å². The molecule has 0 atom stereocenters. The third kappa shape index (κ3) is 1.52. The molecule has 0 aliphatic heterocycles. The zero-order chi connectivity index (χ0) is 9.97. The predicted octanol–water partition coefficient (Wildman–Crippen LogP) is 1.54. The maximum atomic E-state index is 9.02. The largest absolute Gasteiger partial charge is 0.461 e. The van der Waals surface area contributed by atoms with Crippen LogP contribution in [0.5, 0.6) is 0 Å². The number of hydrogen-bond acceptors (Lipinski definition) is 4. The minimum atomic E-state index is -0.0813. The maximum absolute atomic E-state index is 9.02. The predicted molar refractivity (Wildman–Crippen MR) is 50.4 cm³/mol. The van der Waals surface area contributed by atoms with Crippen LogP contribution < -0.4 is 0 Å². The van der Waals surface area contributed by atoms with Crippen molar-refractivity contribution in [3.8, 4) is 11.6 Å². The third-order valence-electron chi connectivity index (χ3n) is 1.97. The number of aryl methyl sites for hydroxylation is 1. The summed E-state index contributed by atoms with van der Waals surface area (Å²) in [6, 6.07) is 3.56. The van der Waals surface area contributed by atoms with Crippen LogP contribution in [0.3, 0.4) is 0 Å². The number of aromatic nitrogens is 2. The first-order valence-electron chi connectivity index (χ1n) is 4.28. The van der Waals surface area contributed by atoms with Crippen LogP contribution in [0.1, 0.15) is 11.3 Å². The Hall–Kier alpha value is -1.68. The molecule has 4 nitrogen and oxygen atoms in total. The molecule has 0 aromatic carbocycles. The van der Waals surface area contributed by atoms with Gasteiger partial charge in [0, 0.05) is 6.20 Å². The van der Waals surface area contributed by atoms with Gasteiger partial charge < -0.3 is 9.52 Å². The minimum absolute atomic E-state index is 0.0813. The molecule has 2 heterocycles. The van der Waals surface area contributed by atoms with E-state index < -0.39 is 0 Å². The number of nitrogens with zero attached hydrogens (tertiary/aromatic N) is 2. The van der Waals surface area contributed by atoms with Crippen LogP contribution in [0.4, 0.5) is 0 Å². The molecular formula is C10H10N2O2. The summed E-state index contributed by atoms with van der Waals surface area (Å²) in [5.74, 6) is 1.12. The highest BCUT2D eigenvalue weighted by Gasteiger charge is 2.06. The Morgan fingerprint density at radius 3 is 3.00 bits per heavy atom. The second-order valence-corrected chi connectivity index (χ2v) is 2.96. The lowest BCUT2D eigenvalue weighted by molar-refractivity contribution is 0.276. The van der Waals surface area contributed by atoms with Crippen molar-refractivity contribution < 1.29 is 9.52 Å². The minimum Gasteiger partial charge on any atom is -0.461 e. The Balaban J connectivity index is 2.46. The second-order valence-electron chi connectivity index (χ2n) is 2.96. The van der Waals surface area contributed by atoms with Gasteiger partial charge in [0.1, 0.15) is 0 Å². The molecule has 0 fully saturated rings. The Morgan fingerprint density at radius 2 is 2.36 bits per heavy atom. The van der Waals surface area contributed by atoms with Gasteiger partial charge in [0.2, 0.25) is 0 Å². The van der Waals surface area contributed by atoms with E-state index in [1.54, 1.807) is 24.6 Å². The fraction of sp³-hybridized carbons (Fsp3) is 0.200. The Bertz CT molecular complexity index is 424. The first kappa shape index (κ1) is 8.90. The first-order valence-corrected chi connectivity index (χ1v) is 4.28. The molecule has 0 spiro atoms. The van der Waals surface area contributed by atoms with Gasteiger partial charge in [-0.1, -0.05) is 0 Å². The summed E-state index contributed by atoms with van der Waals surface area (Å²) >= 11 is 0. The zero-order valence-corrected chi connectivity index (χ0v) is 7.77. The lowest BCUT2D eigenvalue weighted by Crippen LogP contribution is -1.97. The van der Waals surface area contributed by atoms with Crippen molar-refractivity contribution >= 4 is 0 Å². The molecule has 0 radical (unpaired) electrons. The van der Waals surface area contributed by atoms with Crippen molar-refractivity contribution in [1.82, 2.24) is 9.97 Å². The molecule has 0 aliphatic rings. The second kappa shape index (κ2) is 3.59. The summed E-state index contributed by atoms with van der Waals surface area (Å²) in [7, 11) is 0. The van der Waals surface area contributed by atoms with Gasteiger partial charge in [-0.3, -0.25) is 0 Å². The van der Waals surface area contributed by atoms with Crippen molar-refractivity contribution in [2.24, 2.45) is 0 Å². The summed E-state index contributed by atoms with van der Waals surface area (Å²) in [5.41, 5.74) is 1.51. The highest BCUT2D eigenvalue weighted by Crippen LogP contribution is 2.16. The summed E-state index contributed by atoms with van der Waals surface area (Å²) in [6.07, 6.45) is 3.24. The van der Waals surface area contributed by atoms with Gasteiger partial charge >= 0.3 is 0 Å². The molecule has 4 heteroatoms. The van der Waals surface area contributed by atoms with Crippen LogP contribution in [0.15, 0.2) is 29.0 Å². The molecule has 2 rings (SSSR count). The van der Waals surface area contributed by atoms with Crippen molar-refractivity contribution in [3.05, 3.63) is 35.9 Å². The molecule has 14 heavy (non-hydrogen) atoms. The lowest BCUT2D eigenvalue weighted by Gasteiger charge is -2.01. The SMILES string of the molecule is Cc1cnc(-c2ccco2)nc1CO. The van der Waals surface area contributed by atoms with Crippen LogP contribution >= 0.6 is 0 Å². The van der Waals surface area contributed by atoms with E-state index >= 15 is 0 Å². The Kier molecular flexibility index (Phi) is 2.28. The fourth-order valence-corrected chi connectivity index (χ4v) is 1.16. The van der Waals surface area contributed by atoms with Gasteiger partial charge in [0.15, 0.2) is 11.6 Å². The molecule has 0 saturated carbocycles. The molecule has 2 aromatic rings. The van der Waals surface area contributed by atoms with E-state index in [1.165, 1.54) is 0 Å². The van der Waals surface area contributed by atoms with E-state index in [-0.39, 0.29) is 6.61 Å². The molecule has 72 valence electrons. The zero-order valence-electron chi connectivity index (χ0n) is 7.77. The molecule has 0 saturated heterocycles.